The largest absolute Gasteiger partial charge is 0.294 e. The van der Waals surface area contributed by atoms with E-state index in [1.807, 2.05) is 6.92 Å². The van der Waals surface area contributed by atoms with Crippen LogP contribution < -0.4 is 0 Å². The van der Waals surface area contributed by atoms with Crippen LogP contribution >= 0.6 is 0 Å². The van der Waals surface area contributed by atoms with Gasteiger partial charge in [0.25, 0.3) is 0 Å². The van der Waals surface area contributed by atoms with Gasteiger partial charge in [0.15, 0.2) is 10.1 Å². The van der Waals surface area contributed by atoms with E-state index in [0.29, 0.717) is 6.42 Å². The van der Waals surface area contributed by atoms with Crippen molar-refractivity contribution in [2.45, 2.75) is 19.8 Å². The lowest BCUT2D eigenvalue weighted by atomic mass is 10.4. The van der Waals surface area contributed by atoms with Crippen molar-refractivity contribution in [1.82, 2.24) is 0 Å². The number of hydrogen-bond donors (Lipinski definition) is 2. The highest BCUT2D eigenvalue weighted by molar-refractivity contribution is 7.90. The molecule has 0 fully saturated rings. The Morgan fingerprint density at radius 3 is 2.25 bits per heavy atom. The molecule has 3 nitrogen and oxygen atoms in total. The first kappa shape index (κ1) is 7.94. The minimum Gasteiger partial charge on any atom is -0.294 e. The Hall–Kier alpha value is -0.0600. The molecule has 0 heterocycles. The molecule has 0 aliphatic carbocycles. The molecule has 50 valence electrons. The SMILES string of the molecule is CCCC=S(=O)(O)O. The van der Waals surface area contributed by atoms with E-state index in [1.165, 1.54) is 0 Å². The van der Waals surface area contributed by atoms with E-state index in [1.54, 1.807) is 0 Å². The third-order valence-corrected chi connectivity index (χ3v) is 1.29. The van der Waals surface area contributed by atoms with Gasteiger partial charge in [0, 0.05) is 5.37 Å². The summed E-state index contributed by atoms with van der Waals surface area (Å²) in [7, 11) is -3.56. The van der Waals surface area contributed by atoms with Crippen molar-refractivity contribution in [2.24, 2.45) is 0 Å². The Kier molecular flexibility index (Phi) is 3.04. The van der Waals surface area contributed by atoms with Gasteiger partial charge in [-0.15, -0.1) is 0 Å². The predicted molar refractivity (Wildman–Crippen MR) is 34.4 cm³/mol. The van der Waals surface area contributed by atoms with Crippen LogP contribution in [0.25, 0.3) is 0 Å². The van der Waals surface area contributed by atoms with Gasteiger partial charge < -0.3 is 0 Å². The fourth-order valence-corrected chi connectivity index (χ4v) is 0.814. The maximum Gasteiger partial charge on any atom is 0.196 e. The summed E-state index contributed by atoms with van der Waals surface area (Å²) < 4.78 is 26.4. The summed E-state index contributed by atoms with van der Waals surface area (Å²) in [5.41, 5.74) is 0. The molecule has 4 heteroatoms. The van der Waals surface area contributed by atoms with E-state index in [4.69, 9.17) is 9.11 Å². The van der Waals surface area contributed by atoms with Crippen LogP contribution in [0.1, 0.15) is 19.8 Å². The normalized spacial score (nSPS) is 11.4. The van der Waals surface area contributed by atoms with Crippen molar-refractivity contribution >= 4 is 15.5 Å². The third kappa shape index (κ3) is 5.94. The van der Waals surface area contributed by atoms with Crippen LogP contribution in [0.5, 0.6) is 0 Å². The summed E-state index contributed by atoms with van der Waals surface area (Å²) in [6, 6.07) is 0. The molecule has 0 saturated heterocycles. The molecule has 0 unspecified atom stereocenters. The first-order chi connectivity index (χ1) is 3.56. The highest BCUT2D eigenvalue weighted by atomic mass is 32.2. The summed E-state index contributed by atoms with van der Waals surface area (Å²) >= 11 is 0. The minimum atomic E-state index is -3.56. The molecular weight excluding hydrogens is 128 g/mol. The zero-order valence-electron chi connectivity index (χ0n) is 4.70. The van der Waals surface area contributed by atoms with E-state index in [2.05, 4.69) is 0 Å². The standard InChI is InChI=1S/C4H10O3S/c1-2-3-4-8(5,6)7/h4H,2-3H2,1H3,(H2,5,6,7). The highest BCUT2D eigenvalue weighted by Crippen LogP contribution is 1.83. The van der Waals surface area contributed by atoms with Crippen molar-refractivity contribution in [1.29, 1.82) is 0 Å². The minimum absolute atomic E-state index is 0.478. The predicted octanol–water partition coefficient (Wildman–Crippen LogP) is 0.819. The number of rotatable bonds is 2. The second-order valence-electron chi connectivity index (χ2n) is 1.49. The van der Waals surface area contributed by atoms with E-state index < -0.39 is 10.1 Å². The average Bonchev–Trinajstić information content (AvgIpc) is 1.59. The summed E-state index contributed by atoms with van der Waals surface area (Å²) in [5.74, 6) is 0. The third-order valence-electron chi connectivity index (χ3n) is 0.624. The van der Waals surface area contributed by atoms with Crippen molar-refractivity contribution in [2.75, 3.05) is 0 Å². The molecule has 0 aliphatic heterocycles. The van der Waals surface area contributed by atoms with Gasteiger partial charge in [0.1, 0.15) is 0 Å². The van der Waals surface area contributed by atoms with Gasteiger partial charge in [-0.05, 0) is 6.42 Å². The van der Waals surface area contributed by atoms with Gasteiger partial charge in [-0.25, -0.2) is 4.21 Å². The van der Waals surface area contributed by atoms with Gasteiger partial charge in [-0.3, -0.25) is 9.11 Å². The van der Waals surface area contributed by atoms with Gasteiger partial charge in [-0.2, -0.15) is 0 Å². The van der Waals surface area contributed by atoms with E-state index >= 15 is 0 Å². The van der Waals surface area contributed by atoms with Crippen molar-refractivity contribution in [3.8, 4) is 0 Å². The maximum absolute atomic E-state index is 10.0. The van der Waals surface area contributed by atoms with Crippen LogP contribution in [-0.4, -0.2) is 18.7 Å². The summed E-state index contributed by atoms with van der Waals surface area (Å²) in [6.45, 7) is 1.86. The molecule has 0 atom stereocenters. The molecule has 0 aromatic rings. The van der Waals surface area contributed by atoms with Crippen LogP contribution in [-0.2, 0) is 10.1 Å². The Bertz CT molecular complexity index is 147. The van der Waals surface area contributed by atoms with Gasteiger partial charge >= 0.3 is 0 Å². The fraction of sp³-hybridized carbons (Fsp3) is 0.750. The maximum atomic E-state index is 10.0. The molecule has 0 bridgehead atoms. The molecule has 0 aromatic heterocycles. The summed E-state index contributed by atoms with van der Waals surface area (Å²) in [6.07, 6.45) is 1.25. The van der Waals surface area contributed by atoms with E-state index in [-0.39, 0.29) is 0 Å². The zero-order valence-corrected chi connectivity index (χ0v) is 5.52. The first-order valence-electron chi connectivity index (χ1n) is 2.38. The Morgan fingerprint density at radius 1 is 1.62 bits per heavy atom. The number of hydrogen-bond acceptors (Lipinski definition) is 1. The van der Waals surface area contributed by atoms with Gasteiger partial charge in [-0.1, -0.05) is 13.3 Å². The van der Waals surface area contributed by atoms with Crippen molar-refractivity contribution in [3.63, 3.8) is 0 Å². The quantitative estimate of drug-likeness (QED) is 0.555. The van der Waals surface area contributed by atoms with Crippen LogP contribution in [0.4, 0.5) is 0 Å². The first-order valence-corrected chi connectivity index (χ1v) is 3.92. The second kappa shape index (κ2) is 3.06. The van der Waals surface area contributed by atoms with Crippen LogP contribution in [0.3, 0.4) is 0 Å². The Balaban J connectivity index is 3.78. The summed E-state index contributed by atoms with van der Waals surface area (Å²) in [5, 5.41) is 1.01. The Morgan fingerprint density at radius 2 is 2.12 bits per heavy atom. The van der Waals surface area contributed by atoms with Gasteiger partial charge in [0.05, 0.1) is 0 Å². The van der Waals surface area contributed by atoms with Crippen LogP contribution in [0.2, 0.25) is 0 Å². The molecule has 8 heavy (non-hydrogen) atoms. The topological polar surface area (TPSA) is 57.5 Å². The zero-order chi connectivity index (χ0) is 6.62. The molecule has 0 aliphatic rings. The number of unbranched alkanes of at least 4 members (excludes halogenated alkanes) is 1. The van der Waals surface area contributed by atoms with Gasteiger partial charge in [0.2, 0.25) is 0 Å². The molecule has 2 N–H and O–H groups in total. The molecular formula is C4H10O3S. The fourth-order valence-electron chi connectivity index (χ4n) is 0.271. The lowest BCUT2D eigenvalue weighted by Gasteiger charge is -1.88. The molecule has 0 amide bonds. The molecule has 0 aromatic carbocycles. The lowest BCUT2D eigenvalue weighted by molar-refractivity contribution is 0.447. The monoisotopic (exact) mass is 138 g/mol. The van der Waals surface area contributed by atoms with E-state index in [9.17, 15) is 4.21 Å². The Labute approximate surface area is 49.4 Å². The second-order valence-corrected chi connectivity index (χ2v) is 2.90. The molecule has 0 rings (SSSR count). The molecule has 0 radical (unpaired) electrons. The van der Waals surface area contributed by atoms with Crippen LogP contribution in [0, 0.1) is 0 Å². The molecule has 0 saturated carbocycles. The highest BCUT2D eigenvalue weighted by Gasteiger charge is 1.87. The average molecular weight is 138 g/mol. The van der Waals surface area contributed by atoms with Crippen molar-refractivity contribution < 1.29 is 13.3 Å². The smallest absolute Gasteiger partial charge is 0.196 e. The van der Waals surface area contributed by atoms with Crippen molar-refractivity contribution in [3.05, 3.63) is 0 Å². The lowest BCUT2D eigenvalue weighted by Crippen LogP contribution is -1.97. The van der Waals surface area contributed by atoms with E-state index in [0.717, 1.165) is 11.8 Å². The summed E-state index contributed by atoms with van der Waals surface area (Å²) in [4.78, 5) is 0. The molecule has 0 spiro atoms. The van der Waals surface area contributed by atoms with Crippen LogP contribution in [0.15, 0.2) is 0 Å².